The Morgan fingerprint density at radius 1 is 1.33 bits per heavy atom. The Balaban J connectivity index is 1.91. The van der Waals surface area contributed by atoms with Gasteiger partial charge in [-0.05, 0) is 30.7 Å². The van der Waals surface area contributed by atoms with Crippen LogP contribution in [0.5, 0.6) is 0 Å². The van der Waals surface area contributed by atoms with Crippen molar-refractivity contribution in [2.75, 3.05) is 18.0 Å². The molecule has 0 bridgehead atoms. The smallest absolute Gasteiger partial charge is 0.225 e. The first-order valence-electron chi connectivity index (χ1n) is 6.76. The molecule has 1 aromatic heterocycles. The van der Waals surface area contributed by atoms with Crippen molar-refractivity contribution in [3.05, 3.63) is 18.0 Å². The first kappa shape index (κ1) is 12.8. The molecule has 0 atom stereocenters. The van der Waals surface area contributed by atoms with Gasteiger partial charge in [0.1, 0.15) is 0 Å². The van der Waals surface area contributed by atoms with Crippen molar-refractivity contribution in [3.8, 4) is 6.07 Å². The zero-order valence-corrected chi connectivity index (χ0v) is 11.0. The predicted molar refractivity (Wildman–Crippen MR) is 71.2 cm³/mol. The van der Waals surface area contributed by atoms with Crippen LogP contribution in [0.25, 0.3) is 0 Å². The van der Waals surface area contributed by atoms with E-state index in [-0.39, 0.29) is 0 Å². The highest BCUT2D eigenvalue weighted by atomic mass is 15.2. The summed E-state index contributed by atoms with van der Waals surface area (Å²) in [5, 5.41) is 8.69. The molecular weight excluding hydrogens is 224 g/mol. The van der Waals surface area contributed by atoms with E-state index < -0.39 is 0 Å². The van der Waals surface area contributed by atoms with Crippen LogP contribution in [0.4, 0.5) is 5.95 Å². The van der Waals surface area contributed by atoms with Crippen molar-refractivity contribution < 1.29 is 0 Å². The molecule has 0 N–H and O–H groups in total. The average molecular weight is 244 g/mol. The van der Waals surface area contributed by atoms with Gasteiger partial charge in [0, 0.05) is 31.9 Å². The minimum Gasteiger partial charge on any atom is -0.341 e. The minimum absolute atomic E-state index is 0.561. The molecule has 0 saturated carbocycles. The number of hydrogen-bond acceptors (Lipinski definition) is 4. The minimum atomic E-state index is 0.561. The third-order valence-electron chi connectivity index (χ3n) is 3.51. The molecule has 1 aliphatic heterocycles. The van der Waals surface area contributed by atoms with Crippen LogP contribution in [0.2, 0.25) is 0 Å². The third kappa shape index (κ3) is 3.19. The summed E-state index contributed by atoms with van der Waals surface area (Å²) in [6.45, 7) is 4.10. The molecule has 18 heavy (non-hydrogen) atoms. The number of piperidine rings is 1. The van der Waals surface area contributed by atoms with E-state index in [1.807, 2.05) is 12.4 Å². The molecule has 1 aromatic rings. The summed E-state index contributed by atoms with van der Waals surface area (Å²) in [6.07, 6.45) is 8.89. The van der Waals surface area contributed by atoms with Crippen LogP contribution in [-0.4, -0.2) is 23.1 Å². The van der Waals surface area contributed by atoms with E-state index in [2.05, 4.69) is 27.9 Å². The van der Waals surface area contributed by atoms with Crippen LogP contribution in [0.1, 0.15) is 38.2 Å². The average Bonchev–Trinajstić information content (AvgIpc) is 2.41. The second kappa shape index (κ2) is 6.34. The van der Waals surface area contributed by atoms with Gasteiger partial charge in [-0.1, -0.05) is 13.3 Å². The van der Waals surface area contributed by atoms with E-state index in [1.165, 1.54) is 5.56 Å². The summed E-state index contributed by atoms with van der Waals surface area (Å²) >= 11 is 0. The van der Waals surface area contributed by atoms with E-state index in [1.54, 1.807) is 0 Å². The van der Waals surface area contributed by atoms with Gasteiger partial charge in [0.15, 0.2) is 0 Å². The van der Waals surface area contributed by atoms with Crippen molar-refractivity contribution in [2.45, 2.75) is 39.0 Å². The lowest BCUT2D eigenvalue weighted by Gasteiger charge is -2.30. The monoisotopic (exact) mass is 244 g/mol. The maximum Gasteiger partial charge on any atom is 0.225 e. The molecule has 0 radical (unpaired) electrons. The van der Waals surface area contributed by atoms with Gasteiger partial charge in [-0.25, -0.2) is 9.97 Å². The molecule has 4 heteroatoms. The number of anilines is 1. The molecule has 2 heterocycles. The quantitative estimate of drug-likeness (QED) is 0.816. The molecule has 2 rings (SSSR count). The normalized spacial score (nSPS) is 16.6. The van der Waals surface area contributed by atoms with E-state index in [9.17, 15) is 0 Å². The van der Waals surface area contributed by atoms with Crippen LogP contribution in [0, 0.1) is 17.2 Å². The van der Waals surface area contributed by atoms with Gasteiger partial charge in [-0.3, -0.25) is 0 Å². The van der Waals surface area contributed by atoms with Crippen molar-refractivity contribution in [2.24, 2.45) is 5.92 Å². The highest BCUT2D eigenvalue weighted by molar-refractivity contribution is 5.30. The van der Waals surface area contributed by atoms with Gasteiger partial charge in [0.2, 0.25) is 5.95 Å². The van der Waals surface area contributed by atoms with Gasteiger partial charge in [0.05, 0.1) is 6.07 Å². The Hall–Kier alpha value is -1.63. The Bertz CT molecular complexity index is 399. The van der Waals surface area contributed by atoms with Crippen molar-refractivity contribution in [1.82, 2.24) is 9.97 Å². The second-order valence-corrected chi connectivity index (χ2v) is 4.93. The van der Waals surface area contributed by atoms with Crippen LogP contribution in [-0.2, 0) is 6.42 Å². The van der Waals surface area contributed by atoms with Gasteiger partial charge in [0.25, 0.3) is 0 Å². The summed E-state index contributed by atoms with van der Waals surface area (Å²) in [4.78, 5) is 11.1. The fourth-order valence-electron chi connectivity index (χ4n) is 2.40. The summed E-state index contributed by atoms with van der Waals surface area (Å²) in [5.74, 6) is 1.40. The van der Waals surface area contributed by atoms with Gasteiger partial charge < -0.3 is 4.90 Å². The lowest BCUT2D eigenvalue weighted by molar-refractivity contribution is 0.409. The summed E-state index contributed by atoms with van der Waals surface area (Å²) < 4.78 is 0. The van der Waals surface area contributed by atoms with Gasteiger partial charge >= 0.3 is 0 Å². The number of rotatable bonds is 4. The first-order chi connectivity index (χ1) is 8.83. The number of nitrogens with zero attached hydrogens (tertiary/aromatic N) is 4. The van der Waals surface area contributed by atoms with E-state index in [4.69, 9.17) is 5.26 Å². The Labute approximate surface area is 109 Å². The molecule has 0 aromatic carbocycles. The lowest BCUT2D eigenvalue weighted by Crippen LogP contribution is -2.34. The number of aromatic nitrogens is 2. The zero-order valence-electron chi connectivity index (χ0n) is 11.0. The maximum absolute atomic E-state index is 8.69. The molecule has 0 amide bonds. The Kier molecular flexibility index (Phi) is 4.52. The highest BCUT2D eigenvalue weighted by Crippen LogP contribution is 2.22. The van der Waals surface area contributed by atoms with Crippen LogP contribution in [0.15, 0.2) is 12.4 Å². The SMILES string of the molecule is CCCc1cnc(N2CCC(CC#N)CC2)nc1. The summed E-state index contributed by atoms with van der Waals surface area (Å²) in [5.41, 5.74) is 1.21. The molecule has 1 aliphatic rings. The number of nitriles is 1. The predicted octanol–water partition coefficient (Wildman–Crippen LogP) is 2.56. The third-order valence-corrected chi connectivity index (χ3v) is 3.51. The molecule has 1 saturated heterocycles. The van der Waals surface area contributed by atoms with Gasteiger partial charge in [-0.2, -0.15) is 5.26 Å². The molecule has 0 spiro atoms. The van der Waals surface area contributed by atoms with E-state index >= 15 is 0 Å². The van der Waals surface area contributed by atoms with E-state index in [0.29, 0.717) is 12.3 Å². The Morgan fingerprint density at radius 3 is 2.56 bits per heavy atom. The molecule has 96 valence electrons. The molecule has 0 unspecified atom stereocenters. The highest BCUT2D eigenvalue weighted by Gasteiger charge is 2.20. The van der Waals surface area contributed by atoms with Gasteiger partial charge in [-0.15, -0.1) is 0 Å². The summed E-state index contributed by atoms with van der Waals surface area (Å²) in [6, 6.07) is 2.26. The van der Waals surface area contributed by atoms with Crippen LogP contribution >= 0.6 is 0 Å². The van der Waals surface area contributed by atoms with E-state index in [0.717, 1.165) is 44.7 Å². The van der Waals surface area contributed by atoms with Crippen molar-refractivity contribution >= 4 is 5.95 Å². The van der Waals surface area contributed by atoms with Crippen molar-refractivity contribution in [3.63, 3.8) is 0 Å². The van der Waals surface area contributed by atoms with Crippen LogP contribution in [0.3, 0.4) is 0 Å². The topological polar surface area (TPSA) is 52.8 Å². The second-order valence-electron chi connectivity index (χ2n) is 4.93. The summed E-state index contributed by atoms with van der Waals surface area (Å²) in [7, 11) is 0. The van der Waals surface area contributed by atoms with Crippen molar-refractivity contribution in [1.29, 1.82) is 5.26 Å². The molecule has 1 fully saturated rings. The molecular formula is C14H20N4. The lowest BCUT2D eigenvalue weighted by atomic mass is 9.94. The molecule has 0 aliphatic carbocycles. The Morgan fingerprint density at radius 2 is 2.00 bits per heavy atom. The maximum atomic E-state index is 8.69. The fourth-order valence-corrected chi connectivity index (χ4v) is 2.40. The largest absolute Gasteiger partial charge is 0.341 e. The number of aryl methyl sites for hydroxylation is 1. The zero-order chi connectivity index (χ0) is 12.8. The fraction of sp³-hybridized carbons (Fsp3) is 0.643. The number of hydrogen-bond donors (Lipinski definition) is 0. The first-order valence-corrected chi connectivity index (χ1v) is 6.76. The molecule has 4 nitrogen and oxygen atoms in total. The van der Waals surface area contributed by atoms with Crippen LogP contribution < -0.4 is 4.90 Å². The standard InChI is InChI=1S/C14H20N4/c1-2-3-13-10-16-14(17-11-13)18-8-5-12(4-7-15)6-9-18/h10-12H,2-6,8-9H2,1H3.